The van der Waals surface area contributed by atoms with Crippen molar-refractivity contribution in [1.82, 2.24) is 4.98 Å². The molecule has 2 heterocycles. The topological polar surface area (TPSA) is 68.7 Å². The molecule has 0 unspecified atom stereocenters. The van der Waals surface area contributed by atoms with Gasteiger partial charge in [0.05, 0.1) is 14.2 Å². The lowest BCUT2D eigenvalue weighted by molar-refractivity contribution is -0.120. The van der Waals surface area contributed by atoms with Gasteiger partial charge in [-0.3, -0.25) is 14.5 Å². The molecule has 150 valence electrons. The van der Waals surface area contributed by atoms with Gasteiger partial charge in [-0.2, -0.15) is 0 Å². The van der Waals surface area contributed by atoms with Gasteiger partial charge in [-0.15, -0.1) is 0 Å². The maximum atomic E-state index is 13.2. The lowest BCUT2D eigenvalue weighted by Gasteiger charge is -2.38. The lowest BCUT2D eigenvalue weighted by atomic mass is 9.77. The monoisotopic (exact) mass is 456 g/mol. The second-order valence-corrected chi connectivity index (χ2v) is 7.98. The zero-order chi connectivity index (χ0) is 20.5. The highest BCUT2D eigenvalue weighted by Gasteiger charge is 2.41. The lowest BCUT2D eigenvalue weighted by Crippen LogP contribution is -2.41. The summed E-state index contributed by atoms with van der Waals surface area (Å²) in [6, 6.07) is 9.12. The van der Waals surface area contributed by atoms with Crippen LogP contribution in [-0.4, -0.2) is 30.9 Å². The fourth-order valence-electron chi connectivity index (χ4n) is 4.14. The number of Topliss-reactive ketones (excluding diaryl/α,β-unsaturated/α-hetero) is 1. The molecule has 2 aliphatic rings. The van der Waals surface area contributed by atoms with E-state index >= 15 is 0 Å². The van der Waals surface area contributed by atoms with Gasteiger partial charge >= 0.3 is 0 Å². The molecule has 1 aromatic carbocycles. The molecule has 1 atom stereocenters. The fraction of sp³-hybridized carbons (Fsp3) is 0.318. The van der Waals surface area contributed by atoms with E-state index in [2.05, 4.69) is 20.9 Å². The zero-order valence-electron chi connectivity index (χ0n) is 16.3. The molecule has 1 amide bonds. The molecular weight excluding hydrogens is 436 g/mol. The van der Waals surface area contributed by atoms with Crippen LogP contribution in [0.2, 0.25) is 0 Å². The highest BCUT2D eigenvalue weighted by molar-refractivity contribution is 9.10. The molecule has 0 saturated carbocycles. The van der Waals surface area contributed by atoms with Crippen LogP contribution in [0.15, 0.2) is 52.3 Å². The first-order chi connectivity index (χ1) is 14.0. The number of hydrogen-bond donors (Lipinski definition) is 0. The largest absolute Gasteiger partial charge is 0.497 e. The van der Waals surface area contributed by atoms with E-state index < -0.39 is 0 Å². The van der Waals surface area contributed by atoms with Crippen LogP contribution in [0.25, 0.3) is 0 Å². The minimum atomic E-state index is -0.359. The number of rotatable bonds is 4. The van der Waals surface area contributed by atoms with Gasteiger partial charge in [-0.25, -0.2) is 4.98 Å². The third-order valence-electron chi connectivity index (χ3n) is 5.43. The number of allylic oxidation sites excluding steroid dienone is 2. The number of anilines is 1. The van der Waals surface area contributed by atoms with Crippen LogP contribution in [0.5, 0.6) is 11.5 Å². The molecule has 6 nitrogen and oxygen atoms in total. The third kappa shape index (κ3) is 3.55. The van der Waals surface area contributed by atoms with Crippen molar-refractivity contribution in [1.29, 1.82) is 0 Å². The number of hydrogen-bond acceptors (Lipinski definition) is 5. The minimum Gasteiger partial charge on any atom is -0.497 e. The first-order valence-corrected chi connectivity index (χ1v) is 10.3. The maximum Gasteiger partial charge on any atom is 0.233 e. The summed E-state index contributed by atoms with van der Waals surface area (Å²) in [5, 5.41) is 0. The van der Waals surface area contributed by atoms with E-state index in [4.69, 9.17) is 9.47 Å². The van der Waals surface area contributed by atoms with Crippen LogP contribution < -0.4 is 14.4 Å². The second-order valence-electron chi connectivity index (χ2n) is 7.07. The fourth-order valence-corrected chi connectivity index (χ4v) is 4.37. The molecule has 7 heteroatoms. The van der Waals surface area contributed by atoms with E-state index in [1.807, 2.05) is 24.3 Å². The van der Waals surface area contributed by atoms with Crippen LogP contribution >= 0.6 is 15.9 Å². The van der Waals surface area contributed by atoms with Crippen LogP contribution in [0.4, 0.5) is 5.82 Å². The van der Waals surface area contributed by atoms with Crippen LogP contribution in [0.3, 0.4) is 0 Å². The number of ether oxygens (including phenoxy) is 2. The van der Waals surface area contributed by atoms with E-state index in [-0.39, 0.29) is 24.0 Å². The van der Waals surface area contributed by atoms with E-state index in [0.717, 1.165) is 22.2 Å². The first-order valence-electron chi connectivity index (χ1n) is 9.46. The second kappa shape index (κ2) is 7.99. The summed E-state index contributed by atoms with van der Waals surface area (Å²) >= 11 is 3.37. The Bertz CT molecular complexity index is 1000. The zero-order valence-corrected chi connectivity index (χ0v) is 17.9. The summed E-state index contributed by atoms with van der Waals surface area (Å²) in [4.78, 5) is 32.3. The Kier molecular flexibility index (Phi) is 5.41. The number of pyridine rings is 1. The number of carbonyl (C=O) groups is 2. The molecule has 0 fully saturated rings. The number of carbonyl (C=O) groups excluding carboxylic acids is 2. The van der Waals surface area contributed by atoms with Gasteiger partial charge in [-0.1, -0.05) is 0 Å². The summed E-state index contributed by atoms with van der Waals surface area (Å²) in [5.41, 5.74) is 2.24. The Morgan fingerprint density at radius 2 is 1.93 bits per heavy atom. The Morgan fingerprint density at radius 3 is 2.62 bits per heavy atom. The van der Waals surface area contributed by atoms with Crippen LogP contribution in [-0.2, 0) is 9.59 Å². The van der Waals surface area contributed by atoms with Crippen LogP contribution in [0.1, 0.15) is 37.2 Å². The molecule has 0 N–H and O–H groups in total. The van der Waals surface area contributed by atoms with Gasteiger partial charge in [0, 0.05) is 46.3 Å². The SMILES string of the molecule is COc1ccc(OC)c([C@@H]2CC(=O)N(c3ccc(Br)cn3)C3=C2C(=O)CCC3)c1. The molecule has 1 aliphatic heterocycles. The predicted octanol–water partition coefficient (Wildman–Crippen LogP) is 4.39. The molecular formula is C22H21BrN2O4. The van der Waals surface area contributed by atoms with Crippen molar-refractivity contribution in [3.63, 3.8) is 0 Å². The number of benzene rings is 1. The standard InChI is InChI=1S/C22H21BrN2O4/c1-28-14-7-8-19(29-2)15(10-14)16-11-21(27)25(20-9-6-13(23)12-24-20)17-4-3-5-18(26)22(16)17/h6-10,12,16H,3-5,11H2,1-2H3/t16-/m0/s1. The van der Waals surface area contributed by atoms with Gasteiger partial charge in [0.25, 0.3) is 0 Å². The van der Waals surface area contributed by atoms with Crippen molar-refractivity contribution >= 4 is 33.4 Å². The van der Waals surface area contributed by atoms with Crippen molar-refractivity contribution in [3.8, 4) is 11.5 Å². The third-order valence-corrected chi connectivity index (χ3v) is 5.90. The number of amides is 1. The molecule has 2 aromatic rings. The molecule has 0 spiro atoms. The quantitative estimate of drug-likeness (QED) is 0.682. The van der Waals surface area contributed by atoms with E-state index in [0.29, 0.717) is 35.7 Å². The average molecular weight is 457 g/mol. The number of halogens is 1. The highest BCUT2D eigenvalue weighted by Crippen LogP contribution is 2.46. The van der Waals surface area contributed by atoms with E-state index in [1.54, 1.807) is 31.4 Å². The molecule has 1 aliphatic carbocycles. The number of ketones is 1. The Hall–Kier alpha value is -2.67. The maximum absolute atomic E-state index is 13.2. The molecule has 0 bridgehead atoms. The van der Waals surface area contributed by atoms with E-state index in [1.165, 1.54) is 0 Å². The predicted molar refractivity (Wildman–Crippen MR) is 112 cm³/mol. The molecule has 1 aromatic heterocycles. The summed E-state index contributed by atoms with van der Waals surface area (Å²) in [6.45, 7) is 0. The highest BCUT2D eigenvalue weighted by atomic mass is 79.9. The summed E-state index contributed by atoms with van der Waals surface area (Å²) < 4.78 is 11.7. The average Bonchev–Trinajstić information content (AvgIpc) is 2.73. The smallest absolute Gasteiger partial charge is 0.233 e. The van der Waals surface area contributed by atoms with Crippen molar-refractivity contribution in [3.05, 3.63) is 57.8 Å². The van der Waals surface area contributed by atoms with Gasteiger partial charge < -0.3 is 9.47 Å². The van der Waals surface area contributed by atoms with E-state index in [9.17, 15) is 9.59 Å². The van der Waals surface area contributed by atoms with Crippen molar-refractivity contribution in [2.24, 2.45) is 0 Å². The minimum absolute atomic E-state index is 0.0794. The first kappa shape index (κ1) is 19.6. The molecule has 29 heavy (non-hydrogen) atoms. The van der Waals surface area contributed by atoms with Crippen LogP contribution in [0, 0.1) is 0 Å². The van der Waals surface area contributed by atoms with Gasteiger partial charge in [0.15, 0.2) is 5.78 Å². The number of aromatic nitrogens is 1. The van der Waals surface area contributed by atoms with Gasteiger partial charge in [0.1, 0.15) is 17.3 Å². The Balaban J connectivity index is 1.88. The molecule has 4 rings (SSSR count). The number of methoxy groups -OCH3 is 2. The van der Waals surface area contributed by atoms with Crippen molar-refractivity contribution < 1.29 is 19.1 Å². The van der Waals surface area contributed by atoms with Gasteiger partial charge in [0.2, 0.25) is 5.91 Å². The van der Waals surface area contributed by atoms with Crippen molar-refractivity contribution in [2.45, 2.75) is 31.6 Å². The summed E-state index contributed by atoms with van der Waals surface area (Å²) in [7, 11) is 3.18. The normalized spacial score (nSPS) is 19.3. The Morgan fingerprint density at radius 1 is 1.10 bits per heavy atom. The number of nitrogens with zero attached hydrogens (tertiary/aromatic N) is 2. The molecule has 0 saturated heterocycles. The summed E-state index contributed by atoms with van der Waals surface area (Å²) in [5.74, 6) is 1.48. The Labute approximate surface area is 177 Å². The van der Waals surface area contributed by atoms with Gasteiger partial charge in [-0.05, 0) is 59.1 Å². The molecule has 0 radical (unpaired) electrons. The summed E-state index contributed by atoms with van der Waals surface area (Å²) in [6.07, 6.45) is 3.70. The van der Waals surface area contributed by atoms with Crippen molar-refractivity contribution in [2.75, 3.05) is 19.1 Å².